The lowest BCUT2D eigenvalue weighted by Crippen LogP contribution is -2.52. The summed E-state index contributed by atoms with van der Waals surface area (Å²) in [6, 6.07) is 28.6. The first-order valence-corrected chi connectivity index (χ1v) is 20.6. The third-order valence-electron chi connectivity index (χ3n) is 11.9. The minimum Gasteiger partial charge on any atom is -0.494 e. The monoisotopic (exact) mass is 795 g/mol. The number of carbonyl (C=O) groups is 3. The second-order valence-corrected chi connectivity index (χ2v) is 15.6. The van der Waals surface area contributed by atoms with Crippen LogP contribution >= 0.6 is 0 Å². The molecule has 1 fully saturated rings. The second-order valence-electron chi connectivity index (χ2n) is 15.6. The summed E-state index contributed by atoms with van der Waals surface area (Å²) in [6.07, 6.45) is 3.32. The summed E-state index contributed by atoms with van der Waals surface area (Å²) in [5, 5.41) is 0. The van der Waals surface area contributed by atoms with Gasteiger partial charge in [-0.1, -0.05) is 36.4 Å². The van der Waals surface area contributed by atoms with Crippen LogP contribution in [0.2, 0.25) is 0 Å². The number of rotatable bonds is 11. The molecule has 5 aromatic rings. The normalized spacial score (nSPS) is 17.2. The van der Waals surface area contributed by atoms with E-state index in [1.54, 1.807) is 23.1 Å². The fourth-order valence-electron chi connectivity index (χ4n) is 8.96. The molecule has 0 bridgehead atoms. The number of hydrogen-bond acceptors (Lipinski definition) is 8. The Morgan fingerprint density at radius 1 is 0.847 bits per heavy atom. The van der Waals surface area contributed by atoms with Crippen LogP contribution in [-0.4, -0.2) is 84.4 Å². The van der Waals surface area contributed by atoms with Gasteiger partial charge in [-0.15, -0.1) is 0 Å². The molecule has 4 aliphatic rings. The van der Waals surface area contributed by atoms with Gasteiger partial charge < -0.3 is 39.0 Å². The van der Waals surface area contributed by atoms with Crippen LogP contribution in [0.1, 0.15) is 73.2 Å². The third kappa shape index (κ3) is 7.77. The number of nitrogens with zero attached hydrogens (tertiary/aromatic N) is 4. The van der Waals surface area contributed by atoms with E-state index in [1.165, 1.54) is 5.56 Å². The number of anilines is 1. The third-order valence-corrected chi connectivity index (χ3v) is 11.9. The molecule has 1 aromatic heterocycles. The average molecular weight is 796 g/mol. The van der Waals surface area contributed by atoms with Crippen molar-refractivity contribution in [3.8, 4) is 28.5 Å². The number of morpholine rings is 1. The fraction of sp³-hybridized carbons (Fsp3) is 0.340. The summed E-state index contributed by atoms with van der Waals surface area (Å²) in [7, 11) is 0. The van der Waals surface area contributed by atoms with E-state index >= 15 is 9.59 Å². The number of primary amides is 1. The van der Waals surface area contributed by atoms with Gasteiger partial charge in [0.15, 0.2) is 11.5 Å². The van der Waals surface area contributed by atoms with Gasteiger partial charge >= 0.3 is 0 Å². The van der Waals surface area contributed by atoms with Gasteiger partial charge in [-0.2, -0.15) is 0 Å². The van der Waals surface area contributed by atoms with Crippen molar-refractivity contribution in [1.29, 1.82) is 0 Å². The highest BCUT2D eigenvalue weighted by atomic mass is 16.7. The molecule has 0 aliphatic carbocycles. The SMILES string of the molecule is CCOc1ccc(N(Cc2cccc(C(N)=O)c2)C(=O)c2cc(-c3cc4c(cc3C(=O)N3Cc5ccccc5C[C@H]3CN3CCOCC3)OCO4)n3c2CCCC3)cc1. The van der Waals surface area contributed by atoms with Crippen molar-refractivity contribution in [3.05, 3.63) is 130 Å². The van der Waals surface area contributed by atoms with Gasteiger partial charge in [0.2, 0.25) is 12.7 Å². The summed E-state index contributed by atoms with van der Waals surface area (Å²) >= 11 is 0. The zero-order valence-electron chi connectivity index (χ0n) is 33.4. The van der Waals surface area contributed by atoms with Crippen molar-refractivity contribution in [2.24, 2.45) is 5.73 Å². The number of nitrogens with two attached hydrogens (primary N) is 1. The van der Waals surface area contributed by atoms with Crippen molar-refractivity contribution >= 4 is 23.4 Å². The van der Waals surface area contributed by atoms with Crippen LogP contribution in [0.25, 0.3) is 11.3 Å². The number of aromatic nitrogens is 1. The molecular weight excluding hydrogens is 747 g/mol. The Kier molecular flexibility index (Phi) is 10.8. The molecule has 5 heterocycles. The fourth-order valence-corrected chi connectivity index (χ4v) is 8.96. The lowest BCUT2D eigenvalue weighted by atomic mass is 9.92. The number of carbonyl (C=O) groups excluding carboxylic acids is 3. The van der Waals surface area contributed by atoms with Gasteiger partial charge in [0, 0.05) is 67.0 Å². The molecule has 0 unspecified atom stereocenters. The number of fused-ring (bicyclic) bond motifs is 3. The van der Waals surface area contributed by atoms with E-state index in [-0.39, 0.29) is 31.2 Å². The van der Waals surface area contributed by atoms with E-state index in [1.807, 2.05) is 66.4 Å². The predicted molar refractivity (Wildman–Crippen MR) is 223 cm³/mol. The zero-order valence-corrected chi connectivity index (χ0v) is 33.4. The number of hydrogen-bond donors (Lipinski definition) is 1. The molecule has 9 rings (SSSR count). The van der Waals surface area contributed by atoms with Crippen molar-refractivity contribution in [2.75, 3.05) is 51.1 Å². The van der Waals surface area contributed by atoms with Gasteiger partial charge in [0.25, 0.3) is 11.8 Å². The smallest absolute Gasteiger partial charge is 0.260 e. The van der Waals surface area contributed by atoms with E-state index in [9.17, 15) is 4.79 Å². The van der Waals surface area contributed by atoms with E-state index in [4.69, 9.17) is 24.7 Å². The van der Waals surface area contributed by atoms with Crippen molar-refractivity contribution in [3.63, 3.8) is 0 Å². The molecule has 0 spiro atoms. The molecule has 0 radical (unpaired) electrons. The maximum Gasteiger partial charge on any atom is 0.260 e. The molecule has 2 N–H and O–H groups in total. The molecule has 304 valence electrons. The molecule has 0 saturated carbocycles. The summed E-state index contributed by atoms with van der Waals surface area (Å²) in [6.45, 7) is 7.65. The molecule has 3 amide bonds. The molecule has 12 nitrogen and oxygen atoms in total. The van der Waals surface area contributed by atoms with Crippen molar-refractivity contribution < 1.29 is 33.3 Å². The van der Waals surface area contributed by atoms with Gasteiger partial charge in [-0.3, -0.25) is 19.3 Å². The summed E-state index contributed by atoms with van der Waals surface area (Å²) in [5.41, 5.74) is 13.4. The maximum atomic E-state index is 15.3. The van der Waals surface area contributed by atoms with Crippen LogP contribution in [0.15, 0.2) is 91.0 Å². The second kappa shape index (κ2) is 16.6. The van der Waals surface area contributed by atoms with Gasteiger partial charge in [-0.25, -0.2) is 0 Å². The van der Waals surface area contributed by atoms with E-state index in [2.05, 4.69) is 27.7 Å². The Bertz CT molecular complexity index is 2380. The molecule has 4 aliphatic heterocycles. The quantitative estimate of drug-likeness (QED) is 0.161. The Hall–Kier alpha value is -6.11. The summed E-state index contributed by atoms with van der Waals surface area (Å²) in [5.74, 6) is 0.980. The van der Waals surface area contributed by atoms with Crippen LogP contribution in [0, 0.1) is 0 Å². The van der Waals surface area contributed by atoms with Crippen LogP contribution < -0.4 is 24.8 Å². The number of amides is 3. The Balaban J connectivity index is 1.13. The lowest BCUT2D eigenvalue weighted by Gasteiger charge is -2.40. The van der Waals surface area contributed by atoms with Crippen molar-refractivity contribution in [1.82, 2.24) is 14.4 Å². The molecular formula is C47H49N5O7. The molecule has 1 atom stereocenters. The standard InChI is InChI=1S/C47H49N5O7/c1-2-57-37-15-13-35(14-16-37)51(27-31-8-7-11-33(22-31)45(48)53)47(55)40-24-42(50-17-6-5-12-41(40)50)38-25-43-44(59-30-58-43)26-39(38)46(54)52-28-34-10-4-3-9-32(34)23-36(52)29-49-18-20-56-21-19-49/h3-4,7-11,13-16,22,24-26,36H,2,5-6,12,17-21,23,27-30H2,1H3,(H2,48,53)/t36-/m0/s1. The van der Waals surface area contributed by atoms with E-state index < -0.39 is 5.91 Å². The van der Waals surface area contributed by atoms with Crippen LogP contribution in [0.5, 0.6) is 17.2 Å². The van der Waals surface area contributed by atoms with E-state index in [0.29, 0.717) is 84.5 Å². The van der Waals surface area contributed by atoms with E-state index in [0.717, 1.165) is 61.4 Å². The molecule has 4 aromatic carbocycles. The van der Waals surface area contributed by atoms with Gasteiger partial charge in [-0.05, 0) is 104 Å². The average Bonchev–Trinajstić information content (AvgIpc) is 3.90. The predicted octanol–water partition coefficient (Wildman–Crippen LogP) is 6.46. The Labute approximate surface area is 344 Å². The highest BCUT2D eigenvalue weighted by Gasteiger charge is 2.36. The minimum atomic E-state index is -0.535. The molecule has 59 heavy (non-hydrogen) atoms. The minimum absolute atomic E-state index is 0.0529. The first-order valence-electron chi connectivity index (χ1n) is 20.6. The van der Waals surface area contributed by atoms with Crippen LogP contribution in [0.3, 0.4) is 0 Å². The summed E-state index contributed by atoms with van der Waals surface area (Å²) in [4.78, 5) is 48.7. The number of ether oxygens (including phenoxy) is 4. The maximum absolute atomic E-state index is 15.3. The summed E-state index contributed by atoms with van der Waals surface area (Å²) < 4.78 is 25.4. The highest BCUT2D eigenvalue weighted by molar-refractivity contribution is 6.09. The first kappa shape index (κ1) is 38.4. The Morgan fingerprint density at radius 3 is 2.41 bits per heavy atom. The van der Waals surface area contributed by atoms with Gasteiger partial charge in [0.1, 0.15) is 5.75 Å². The zero-order chi connectivity index (χ0) is 40.5. The number of benzene rings is 4. The van der Waals surface area contributed by atoms with Gasteiger partial charge in [0.05, 0.1) is 37.5 Å². The first-order chi connectivity index (χ1) is 28.8. The highest BCUT2D eigenvalue weighted by Crippen LogP contribution is 2.42. The van der Waals surface area contributed by atoms with Crippen LogP contribution in [-0.2, 0) is 37.2 Å². The Morgan fingerprint density at radius 2 is 1.63 bits per heavy atom. The van der Waals surface area contributed by atoms with Crippen molar-refractivity contribution in [2.45, 2.75) is 58.3 Å². The topological polar surface area (TPSA) is 129 Å². The molecule has 12 heteroatoms. The van der Waals surface area contributed by atoms with Crippen LogP contribution in [0.4, 0.5) is 5.69 Å². The molecule has 1 saturated heterocycles. The lowest BCUT2D eigenvalue weighted by molar-refractivity contribution is 0.0193. The largest absolute Gasteiger partial charge is 0.494 e.